The van der Waals surface area contributed by atoms with E-state index in [9.17, 15) is 9.59 Å². The van der Waals surface area contributed by atoms with Crippen LogP contribution < -0.4 is 4.74 Å². The Morgan fingerprint density at radius 3 is 2.50 bits per heavy atom. The fraction of sp³-hybridized carbons (Fsp3) is 0.385. The third-order valence-corrected chi connectivity index (χ3v) is 3.16. The Labute approximate surface area is 126 Å². The van der Waals surface area contributed by atoms with Crippen LogP contribution >= 0.6 is 23.2 Å². The maximum Gasteiger partial charge on any atom is 0.347 e. The molecule has 20 heavy (non-hydrogen) atoms. The maximum atomic E-state index is 12.0. The Morgan fingerprint density at radius 2 is 1.95 bits per heavy atom. The van der Waals surface area contributed by atoms with Gasteiger partial charge in [-0.1, -0.05) is 23.2 Å². The lowest BCUT2D eigenvalue weighted by Crippen LogP contribution is -2.26. The lowest BCUT2D eigenvalue weighted by Gasteiger charge is -2.14. The normalized spacial score (nSPS) is 11.7. The number of carbonyl (C=O) groups is 2. The van der Waals surface area contributed by atoms with Gasteiger partial charge < -0.3 is 14.2 Å². The van der Waals surface area contributed by atoms with Gasteiger partial charge in [0.15, 0.2) is 11.9 Å². The molecule has 0 N–H and O–H groups in total. The Morgan fingerprint density at radius 1 is 1.30 bits per heavy atom. The van der Waals surface area contributed by atoms with E-state index in [1.165, 1.54) is 26.2 Å². The number of ether oxygens (including phenoxy) is 3. The number of benzene rings is 1. The summed E-state index contributed by atoms with van der Waals surface area (Å²) in [6.45, 7) is 3.28. The van der Waals surface area contributed by atoms with Gasteiger partial charge in [-0.2, -0.15) is 0 Å². The zero-order chi connectivity index (χ0) is 15.3. The lowest BCUT2D eigenvalue weighted by molar-refractivity contribution is -0.152. The molecule has 5 nitrogen and oxygen atoms in total. The van der Waals surface area contributed by atoms with Crippen LogP contribution in [0.2, 0.25) is 10.0 Å². The second-order valence-electron chi connectivity index (χ2n) is 3.74. The minimum absolute atomic E-state index is 0.0815. The highest BCUT2D eigenvalue weighted by atomic mass is 35.5. The molecule has 0 amide bonds. The van der Waals surface area contributed by atoms with Crippen molar-refractivity contribution in [1.82, 2.24) is 0 Å². The monoisotopic (exact) mass is 320 g/mol. The van der Waals surface area contributed by atoms with Crippen molar-refractivity contribution < 1.29 is 23.8 Å². The molecule has 0 saturated carbocycles. The lowest BCUT2D eigenvalue weighted by atomic mass is 10.2. The molecule has 0 spiro atoms. The molecule has 0 bridgehead atoms. The minimum Gasteiger partial charge on any atom is -0.494 e. The standard InChI is InChI=1S/C13H14Cl2O5/c1-4-19-12(16)7(2)20-13(17)8-5-6-9(14)10(15)11(8)18-3/h5-7H,4H2,1-3H3. The van der Waals surface area contributed by atoms with Crippen molar-refractivity contribution in [2.24, 2.45) is 0 Å². The average molecular weight is 321 g/mol. The highest BCUT2D eigenvalue weighted by molar-refractivity contribution is 6.43. The molecule has 7 heteroatoms. The molecule has 0 fully saturated rings. The molecular weight excluding hydrogens is 307 g/mol. The van der Waals surface area contributed by atoms with E-state index in [0.29, 0.717) is 0 Å². The molecule has 0 aromatic heterocycles. The van der Waals surface area contributed by atoms with E-state index >= 15 is 0 Å². The van der Waals surface area contributed by atoms with E-state index in [-0.39, 0.29) is 28.0 Å². The molecular formula is C13H14Cl2O5. The number of carbonyl (C=O) groups excluding carboxylic acids is 2. The number of hydrogen-bond acceptors (Lipinski definition) is 5. The maximum absolute atomic E-state index is 12.0. The van der Waals surface area contributed by atoms with Crippen LogP contribution in [0.3, 0.4) is 0 Å². The van der Waals surface area contributed by atoms with Crippen molar-refractivity contribution in [3.63, 3.8) is 0 Å². The van der Waals surface area contributed by atoms with Crippen molar-refractivity contribution in [2.45, 2.75) is 20.0 Å². The Balaban J connectivity index is 2.93. The summed E-state index contributed by atoms with van der Waals surface area (Å²) in [5, 5.41) is 0.353. The Bertz CT molecular complexity index is 516. The zero-order valence-corrected chi connectivity index (χ0v) is 12.7. The first-order chi connectivity index (χ1) is 9.42. The fourth-order valence-corrected chi connectivity index (χ4v) is 1.81. The van der Waals surface area contributed by atoms with Crippen molar-refractivity contribution in [1.29, 1.82) is 0 Å². The van der Waals surface area contributed by atoms with Crippen LogP contribution in [0.5, 0.6) is 5.75 Å². The van der Waals surface area contributed by atoms with Gasteiger partial charge in [0.1, 0.15) is 10.6 Å². The zero-order valence-electron chi connectivity index (χ0n) is 11.2. The molecule has 1 atom stereocenters. The van der Waals surface area contributed by atoms with Crippen LogP contribution in [0.25, 0.3) is 0 Å². The van der Waals surface area contributed by atoms with E-state index in [2.05, 4.69) is 0 Å². The second kappa shape index (κ2) is 7.36. The second-order valence-corrected chi connectivity index (χ2v) is 4.53. The van der Waals surface area contributed by atoms with Crippen LogP contribution in [0.4, 0.5) is 0 Å². The first-order valence-corrected chi connectivity index (χ1v) is 6.57. The molecule has 1 aromatic carbocycles. The first kappa shape index (κ1) is 16.6. The molecule has 0 aliphatic carbocycles. The molecule has 110 valence electrons. The fourth-order valence-electron chi connectivity index (χ4n) is 1.42. The Hall–Kier alpha value is -1.46. The van der Waals surface area contributed by atoms with Gasteiger partial charge in [0, 0.05) is 0 Å². The van der Waals surface area contributed by atoms with E-state index in [4.69, 9.17) is 37.4 Å². The third kappa shape index (κ3) is 3.77. The van der Waals surface area contributed by atoms with Gasteiger partial charge in [0.25, 0.3) is 0 Å². The van der Waals surface area contributed by atoms with Gasteiger partial charge in [-0.3, -0.25) is 0 Å². The Kier molecular flexibility index (Phi) is 6.10. The van der Waals surface area contributed by atoms with E-state index in [1.807, 2.05) is 0 Å². The molecule has 0 aliphatic rings. The summed E-state index contributed by atoms with van der Waals surface area (Å²) in [4.78, 5) is 23.4. The molecule has 0 radical (unpaired) electrons. The number of methoxy groups -OCH3 is 1. The van der Waals surface area contributed by atoms with Crippen LogP contribution in [-0.4, -0.2) is 31.8 Å². The van der Waals surface area contributed by atoms with Gasteiger partial charge in [0.05, 0.1) is 18.7 Å². The number of rotatable bonds is 5. The summed E-state index contributed by atoms with van der Waals surface area (Å²) in [6.07, 6.45) is -1.03. The summed E-state index contributed by atoms with van der Waals surface area (Å²) in [7, 11) is 1.35. The van der Waals surface area contributed by atoms with Gasteiger partial charge in [0.2, 0.25) is 0 Å². The van der Waals surface area contributed by atoms with E-state index in [1.54, 1.807) is 6.92 Å². The number of esters is 2. The van der Waals surface area contributed by atoms with Crippen molar-refractivity contribution in [3.05, 3.63) is 27.7 Å². The van der Waals surface area contributed by atoms with Gasteiger partial charge >= 0.3 is 11.9 Å². The highest BCUT2D eigenvalue weighted by Crippen LogP contribution is 2.35. The topological polar surface area (TPSA) is 61.8 Å². The molecule has 1 rings (SSSR count). The van der Waals surface area contributed by atoms with Crippen LogP contribution in [0, 0.1) is 0 Å². The summed E-state index contributed by atoms with van der Waals surface area (Å²) in [6, 6.07) is 2.85. The van der Waals surface area contributed by atoms with E-state index in [0.717, 1.165) is 0 Å². The quantitative estimate of drug-likeness (QED) is 0.780. The third-order valence-electron chi connectivity index (χ3n) is 2.38. The first-order valence-electron chi connectivity index (χ1n) is 5.82. The van der Waals surface area contributed by atoms with Gasteiger partial charge in [-0.15, -0.1) is 0 Å². The van der Waals surface area contributed by atoms with Crippen molar-refractivity contribution in [2.75, 3.05) is 13.7 Å². The number of hydrogen-bond donors (Lipinski definition) is 0. The highest BCUT2D eigenvalue weighted by Gasteiger charge is 2.24. The average Bonchev–Trinajstić information content (AvgIpc) is 2.41. The van der Waals surface area contributed by atoms with Crippen molar-refractivity contribution in [3.8, 4) is 5.75 Å². The van der Waals surface area contributed by atoms with Crippen molar-refractivity contribution >= 4 is 35.1 Å². The van der Waals surface area contributed by atoms with Gasteiger partial charge in [-0.25, -0.2) is 9.59 Å². The molecule has 1 unspecified atom stereocenters. The SMILES string of the molecule is CCOC(=O)C(C)OC(=O)c1ccc(Cl)c(Cl)c1OC. The van der Waals surface area contributed by atoms with Crippen LogP contribution in [-0.2, 0) is 14.3 Å². The van der Waals surface area contributed by atoms with Crippen LogP contribution in [0.1, 0.15) is 24.2 Å². The molecule has 1 aromatic rings. The molecule has 0 saturated heterocycles. The summed E-state index contributed by atoms with van der Waals surface area (Å²) < 4.78 is 14.8. The van der Waals surface area contributed by atoms with Gasteiger partial charge in [-0.05, 0) is 26.0 Å². The summed E-state index contributed by atoms with van der Waals surface area (Å²) in [5.74, 6) is -1.28. The number of halogens is 2. The predicted octanol–water partition coefficient (Wildman–Crippen LogP) is 3.11. The minimum atomic E-state index is -1.03. The summed E-state index contributed by atoms with van der Waals surface area (Å²) >= 11 is 11.8. The molecule has 0 heterocycles. The predicted molar refractivity (Wildman–Crippen MR) is 74.5 cm³/mol. The smallest absolute Gasteiger partial charge is 0.347 e. The molecule has 0 aliphatic heterocycles. The van der Waals surface area contributed by atoms with Crippen LogP contribution in [0.15, 0.2) is 12.1 Å². The van der Waals surface area contributed by atoms with E-state index < -0.39 is 18.0 Å². The largest absolute Gasteiger partial charge is 0.494 e. The summed E-state index contributed by atoms with van der Waals surface area (Å²) in [5.41, 5.74) is 0.0815.